The van der Waals surface area contributed by atoms with Crippen LogP contribution in [0.4, 0.5) is 5.69 Å². The fraction of sp³-hybridized carbons (Fsp3) is 0.462. The van der Waals surface area contributed by atoms with E-state index >= 15 is 0 Å². The summed E-state index contributed by atoms with van der Waals surface area (Å²) in [5.41, 5.74) is 6.41. The molecule has 2 rings (SSSR count). The molecule has 1 fully saturated rings. The Hall–Kier alpha value is -0.680. The van der Waals surface area contributed by atoms with Gasteiger partial charge in [0.15, 0.2) is 0 Å². The Balaban J connectivity index is 1.92. The van der Waals surface area contributed by atoms with E-state index < -0.39 is 0 Å². The molecule has 0 aromatic heterocycles. The predicted molar refractivity (Wildman–Crippen MR) is 79.7 cm³/mol. The lowest BCUT2D eigenvalue weighted by atomic mass is 10.3. The Morgan fingerprint density at radius 3 is 2.83 bits per heavy atom. The molecule has 1 amide bonds. The van der Waals surface area contributed by atoms with Gasteiger partial charge in [0, 0.05) is 27.6 Å². The number of benzene rings is 1. The molecule has 0 spiro atoms. The minimum absolute atomic E-state index is 0.230. The molecule has 0 heterocycles. The number of carbonyl (C=O) groups excluding carboxylic acids is 1. The van der Waals surface area contributed by atoms with Crippen molar-refractivity contribution in [3.8, 4) is 0 Å². The third-order valence-corrected chi connectivity index (χ3v) is 4.93. The molecule has 0 atom stereocenters. The average molecular weight is 329 g/mol. The second-order valence-electron chi connectivity index (χ2n) is 4.39. The van der Waals surface area contributed by atoms with Gasteiger partial charge in [0.05, 0.1) is 5.75 Å². The van der Waals surface area contributed by atoms with E-state index in [1.807, 2.05) is 30.0 Å². The van der Waals surface area contributed by atoms with E-state index in [9.17, 15) is 4.79 Å². The minimum atomic E-state index is 0.230. The summed E-state index contributed by atoms with van der Waals surface area (Å²) in [4.78, 5) is 15.1. The maximum absolute atomic E-state index is 12.1. The van der Waals surface area contributed by atoms with Gasteiger partial charge in [-0.2, -0.15) is 0 Å². The normalized spacial score (nSPS) is 14.6. The molecule has 1 aromatic rings. The molecule has 3 nitrogen and oxygen atoms in total. The molecule has 5 heteroatoms. The van der Waals surface area contributed by atoms with Crippen molar-refractivity contribution < 1.29 is 4.79 Å². The minimum Gasteiger partial charge on any atom is -0.399 e. The molecule has 0 unspecified atom stereocenters. The van der Waals surface area contributed by atoms with Gasteiger partial charge in [-0.1, -0.05) is 0 Å². The van der Waals surface area contributed by atoms with Crippen LogP contribution in [0.5, 0.6) is 0 Å². The molecule has 0 radical (unpaired) electrons. The van der Waals surface area contributed by atoms with Crippen LogP contribution < -0.4 is 5.73 Å². The Labute approximate surface area is 120 Å². The first-order chi connectivity index (χ1) is 8.61. The summed E-state index contributed by atoms with van der Waals surface area (Å²) in [7, 11) is 0. The van der Waals surface area contributed by atoms with Gasteiger partial charge in [-0.3, -0.25) is 4.79 Å². The first-order valence-electron chi connectivity index (χ1n) is 6.09. The third-order valence-electron chi connectivity index (χ3n) is 2.96. The van der Waals surface area contributed by atoms with Crippen LogP contribution in [0.15, 0.2) is 27.6 Å². The monoisotopic (exact) mass is 328 g/mol. The van der Waals surface area contributed by atoms with Gasteiger partial charge in [0.2, 0.25) is 5.91 Å². The van der Waals surface area contributed by atoms with E-state index in [0.717, 1.165) is 34.4 Å². The first kappa shape index (κ1) is 13.7. The van der Waals surface area contributed by atoms with Gasteiger partial charge < -0.3 is 10.6 Å². The zero-order chi connectivity index (χ0) is 13.1. The molecule has 2 N–H and O–H groups in total. The Morgan fingerprint density at radius 2 is 2.28 bits per heavy atom. The molecule has 0 bridgehead atoms. The number of anilines is 1. The van der Waals surface area contributed by atoms with Gasteiger partial charge in [0.1, 0.15) is 0 Å². The standard InChI is InChI=1S/C13H17BrN2OS/c1-2-16(10-4-5-10)13(17)8-18-12-6-3-9(15)7-11(12)14/h3,6-7,10H,2,4-5,8,15H2,1H3. The number of nitrogens with zero attached hydrogens (tertiary/aromatic N) is 1. The highest BCUT2D eigenvalue weighted by atomic mass is 79.9. The van der Waals surface area contributed by atoms with E-state index in [2.05, 4.69) is 15.9 Å². The zero-order valence-corrected chi connectivity index (χ0v) is 12.8. The Bertz CT molecular complexity index is 449. The summed E-state index contributed by atoms with van der Waals surface area (Å²) in [6.45, 7) is 2.85. The second kappa shape index (κ2) is 5.97. The van der Waals surface area contributed by atoms with E-state index in [4.69, 9.17) is 5.73 Å². The van der Waals surface area contributed by atoms with Gasteiger partial charge in [-0.15, -0.1) is 11.8 Å². The van der Waals surface area contributed by atoms with Crippen LogP contribution in [-0.4, -0.2) is 29.1 Å². The summed E-state index contributed by atoms with van der Waals surface area (Å²) < 4.78 is 0.953. The number of amides is 1. The molecular weight excluding hydrogens is 312 g/mol. The van der Waals surface area contributed by atoms with Crippen LogP contribution in [0.3, 0.4) is 0 Å². The van der Waals surface area contributed by atoms with Crippen molar-refractivity contribution in [3.05, 3.63) is 22.7 Å². The van der Waals surface area contributed by atoms with Crippen LogP contribution in [0, 0.1) is 0 Å². The Morgan fingerprint density at radius 1 is 1.56 bits per heavy atom. The second-order valence-corrected chi connectivity index (χ2v) is 6.26. The maximum Gasteiger partial charge on any atom is 0.233 e. The lowest BCUT2D eigenvalue weighted by molar-refractivity contribution is -0.128. The molecule has 1 aliphatic carbocycles. The summed E-state index contributed by atoms with van der Waals surface area (Å²) >= 11 is 5.03. The van der Waals surface area contributed by atoms with Crippen LogP contribution >= 0.6 is 27.7 Å². The van der Waals surface area contributed by atoms with Crippen molar-refractivity contribution in [2.45, 2.75) is 30.7 Å². The molecule has 98 valence electrons. The molecule has 1 aromatic carbocycles. The topological polar surface area (TPSA) is 46.3 Å². The van der Waals surface area contributed by atoms with Crippen LogP contribution in [0.1, 0.15) is 19.8 Å². The number of nitrogens with two attached hydrogens (primary N) is 1. The number of hydrogen-bond donors (Lipinski definition) is 1. The number of carbonyl (C=O) groups is 1. The number of hydrogen-bond acceptors (Lipinski definition) is 3. The number of halogens is 1. The summed E-state index contributed by atoms with van der Waals surface area (Å²) in [6, 6.07) is 6.17. The number of thioether (sulfide) groups is 1. The van der Waals surface area contributed by atoms with E-state index in [0.29, 0.717) is 11.8 Å². The number of nitrogen functional groups attached to an aromatic ring is 1. The van der Waals surface area contributed by atoms with Crippen molar-refractivity contribution in [2.24, 2.45) is 0 Å². The van der Waals surface area contributed by atoms with E-state index in [1.54, 1.807) is 11.8 Å². The third kappa shape index (κ3) is 3.42. The molecule has 1 aliphatic rings. The lowest BCUT2D eigenvalue weighted by Crippen LogP contribution is -2.34. The highest BCUT2D eigenvalue weighted by Crippen LogP contribution is 2.31. The molecule has 0 aliphatic heterocycles. The van der Waals surface area contributed by atoms with Crippen molar-refractivity contribution >= 4 is 39.3 Å². The summed E-state index contributed by atoms with van der Waals surface area (Å²) in [5, 5.41) is 0. The highest BCUT2D eigenvalue weighted by molar-refractivity contribution is 9.10. The van der Waals surface area contributed by atoms with Crippen molar-refractivity contribution in [3.63, 3.8) is 0 Å². The average Bonchev–Trinajstić information content (AvgIpc) is 3.13. The van der Waals surface area contributed by atoms with E-state index in [1.165, 1.54) is 0 Å². The lowest BCUT2D eigenvalue weighted by Gasteiger charge is -2.20. The van der Waals surface area contributed by atoms with Gasteiger partial charge in [-0.05, 0) is 53.9 Å². The quantitative estimate of drug-likeness (QED) is 0.667. The molecule has 18 heavy (non-hydrogen) atoms. The highest BCUT2D eigenvalue weighted by Gasteiger charge is 2.31. The fourth-order valence-electron chi connectivity index (χ4n) is 1.88. The summed E-state index contributed by atoms with van der Waals surface area (Å²) in [6.07, 6.45) is 2.33. The van der Waals surface area contributed by atoms with Crippen LogP contribution in [0.25, 0.3) is 0 Å². The molecule has 1 saturated carbocycles. The largest absolute Gasteiger partial charge is 0.399 e. The summed E-state index contributed by atoms with van der Waals surface area (Å²) in [5.74, 6) is 0.723. The molecule has 0 saturated heterocycles. The number of rotatable bonds is 5. The first-order valence-corrected chi connectivity index (χ1v) is 7.87. The van der Waals surface area contributed by atoms with E-state index in [-0.39, 0.29) is 5.91 Å². The van der Waals surface area contributed by atoms with Gasteiger partial charge in [0.25, 0.3) is 0 Å². The zero-order valence-electron chi connectivity index (χ0n) is 10.4. The van der Waals surface area contributed by atoms with Gasteiger partial charge >= 0.3 is 0 Å². The van der Waals surface area contributed by atoms with Crippen molar-refractivity contribution in [1.29, 1.82) is 0 Å². The van der Waals surface area contributed by atoms with Crippen LogP contribution in [0.2, 0.25) is 0 Å². The Kier molecular flexibility index (Phi) is 4.56. The van der Waals surface area contributed by atoms with Crippen LogP contribution in [-0.2, 0) is 4.79 Å². The smallest absolute Gasteiger partial charge is 0.233 e. The fourth-order valence-corrected chi connectivity index (χ4v) is 3.43. The van der Waals surface area contributed by atoms with Crippen molar-refractivity contribution in [1.82, 2.24) is 4.90 Å². The SMILES string of the molecule is CCN(C(=O)CSc1ccc(N)cc1Br)C1CC1. The van der Waals surface area contributed by atoms with Gasteiger partial charge in [-0.25, -0.2) is 0 Å². The molecular formula is C13H17BrN2OS. The predicted octanol–water partition coefficient (Wildman–Crippen LogP) is 3.13. The van der Waals surface area contributed by atoms with Crippen molar-refractivity contribution in [2.75, 3.05) is 18.0 Å². The maximum atomic E-state index is 12.1.